The Morgan fingerprint density at radius 1 is 0.625 bits per heavy atom. The number of rotatable bonds is 20. The molecule has 0 N–H and O–H groups in total. The highest BCUT2D eigenvalue weighted by Crippen LogP contribution is 2.36. The monoisotopic (exact) mass is 437 g/mol. The highest BCUT2D eigenvalue weighted by atomic mass is 15.0. The Bertz CT molecular complexity index is 595. The van der Waals surface area contributed by atoms with Gasteiger partial charge in [0.2, 0.25) is 6.17 Å². The maximum atomic E-state index is 4.63. The first-order valence-corrected chi connectivity index (χ1v) is 13.8. The lowest BCUT2D eigenvalue weighted by Crippen LogP contribution is -2.22. The Balaban J connectivity index is 1.64. The molecule has 1 aliphatic rings. The van der Waals surface area contributed by atoms with Crippen LogP contribution in [0, 0.1) is 18.0 Å². The van der Waals surface area contributed by atoms with Crippen molar-refractivity contribution in [3.8, 4) is 0 Å². The van der Waals surface area contributed by atoms with Crippen LogP contribution in [0.1, 0.15) is 122 Å². The summed E-state index contributed by atoms with van der Waals surface area (Å²) in [5.41, 5.74) is 1.45. The number of benzene rings is 1. The molecule has 2 unspecified atom stereocenters. The fraction of sp³-hybridized carbons (Fsp3) is 0.700. The van der Waals surface area contributed by atoms with E-state index < -0.39 is 0 Å². The van der Waals surface area contributed by atoms with Gasteiger partial charge in [-0.3, -0.25) is 0 Å². The topological polar surface area (TPSA) is 24.7 Å². The Hall–Kier alpha value is -1.57. The van der Waals surface area contributed by atoms with E-state index in [1.54, 1.807) is 0 Å². The van der Waals surface area contributed by atoms with Crippen LogP contribution in [0.2, 0.25) is 0 Å². The minimum Gasteiger partial charge on any atom is -0.0965 e. The molecule has 1 aliphatic heterocycles. The third-order valence-corrected chi connectivity index (χ3v) is 7.00. The van der Waals surface area contributed by atoms with E-state index in [0.717, 1.165) is 12.6 Å². The Labute approximate surface area is 199 Å². The van der Waals surface area contributed by atoms with Gasteiger partial charge in [0.1, 0.15) is 0 Å². The van der Waals surface area contributed by atoms with Crippen LogP contribution in [0.15, 0.2) is 40.3 Å². The first-order valence-electron chi connectivity index (χ1n) is 13.8. The summed E-state index contributed by atoms with van der Waals surface area (Å²) in [6, 6.07) is 11.0. The molecule has 2 nitrogen and oxygen atoms in total. The van der Waals surface area contributed by atoms with Gasteiger partial charge < -0.3 is 0 Å². The van der Waals surface area contributed by atoms with Crippen LogP contribution in [0.5, 0.6) is 0 Å². The second-order valence-electron chi connectivity index (χ2n) is 9.79. The lowest BCUT2D eigenvalue weighted by atomic mass is 9.79. The molecular formula is C30H49N2+. The SMILES string of the molecule is CCCCCCCCCCCCCCCC([C+]1N=CC=N1)C(CCC)Cc1ccccc1. The third-order valence-electron chi connectivity index (χ3n) is 7.00. The molecule has 0 spiro atoms. The van der Waals surface area contributed by atoms with Gasteiger partial charge in [-0.05, 0) is 30.7 Å². The molecule has 0 fully saturated rings. The number of aliphatic imine (C=N–C) groups is 2. The number of nitrogens with zero attached hydrogens (tertiary/aromatic N) is 2. The van der Waals surface area contributed by atoms with Gasteiger partial charge in [0.15, 0.2) is 12.4 Å². The molecule has 0 saturated heterocycles. The first kappa shape index (κ1) is 26.7. The number of hydrogen-bond donors (Lipinski definition) is 0. The molecule has 0 saturated carbocycles. The van der Waals surface area contributed by atoms with E-state index in [1.807, 2.05) is 12.4 Å². The highest BCUT2D eigenvalue weighted by Gasteiger charge is 2.34. The predicted octanol–water partition coefficient (Wildman–Crippen LogP) is 9.39. The molecule has 0 aromatic heterocycles. The smallest absolute Gasteiger partial charge is 0.0965 e. The minimum absolute atomic E-state index is 0.498. The van der Waals surface area contributed by atoms with Crippen molar-refractivity contribution in [3.05, 3.63) is 42.1 Å². The van der Waals surface area contributed by atoms with Crippen molar-refractivity contribution in [2.45, 2.75) is 123 Å². The van der Waals surface area contributed by atoms with E-state index in [1.165, 1.54) is 108 Å². The zero-order chi connectivity index (χ0) is 22.7. The average Bonchev–Trinajstić information content (AvgIpc) is 3.34. The molecule has 1 aromatic rings. The van der Waals surface area contributed by atoms with E-state index in [4.69, 9.17) is 0 Å². The summed E-state index contributed by atoms with van der Waals surface area (Å²) in [4.78, 5) is 9.26. The van der Waals surface area contributed by atoms with Gasteiger partial charge >= 0.3 is 0 Å². The van der Waals surface area contributed by atoms with Gasteiger partial charge in [-0.25, -0.2) is 0 Å². The molecule has 2 atom stereocenters. The van der Waals surface area contributed by atoms with Crippen molar-refractivity contribution in [1.29, 1.82) is 0 Å². The highest BCUT2D eigenvalue weighted by molar-refractivity contribution is 6.18. The van der Waals surface area contributed by atoms with Gasteiger partial charge in [-0.15, -0.1) is 0 Å². The van der Waals surface area contributed by atoms with Crippen LogP contribution in [-0.2, 0) is 6.42 Å². The average molecular weight is 438 g/mol. The molecule has 2 heteroatoms. The molecule has 178 valence electrons. The van der Waals surface area contributed by atoms with E-state index >= 15 is 0 Å². The largest absolute Gasteiger partial charge is 0.244 e. The summed E-state index contributed by atoms with van der Waals surface area (Å²) in [5, 5.41) is 0. The van der Waals surface area contributed by atoms with Crippen molar-refractivity contribution in [2.75, 3.05) is 0 Å². The lowest BCUT2D eigenvalue weighted by molar-refractivity contribution is 0.290. The second kappa shape index (κ2) is 17.9. The zero-order valence-corrected chi connectivity index (χ0v) is 21.1. The van der Waals surface area contributed by atoms with Gasteiger partial charge in [-0.2, -0.15) is 0 Å². The zero-order valence-electron chi connectivity index (χ0n) is 21.1. The van der Waals surface area contributed by atoms with Crippen LogP contribution in [0.4, 0.5) is 0 Å². The second-order valence-corrected chi connectivity index (χ2v) is 9.79. The molecule has 32 heavy (non-hydrogen) atoms. The summed E-state index contributed by atoms with van der Waals surface area (Å²) >= 11 is 0. The number of hydrogen-bond acceptors (Lipinski definition) is 2. The van der Waals surface area contributed by atoms with Crippen molar-refractivity contribution < 1.29 is 0 Å². The van der Waals surface area contributed by atoms with E-state index in [9.17, 15) is 0 Å². The maximum Gasteiger partial charge on any atom is 0.244 e. The van der Waals surface area contributed by atoms with E-state index in [-0.39, 0.29) is 0 Å². The predicted molar refractivity (Wildman–Crippen MR) is 143 cm³/mol. The quantitative estimate of drug-likeness (QED) is 0.143. The summed E-state index contributed by atoms with van der Waals surface area (Å²) in [7, 11) is 0. The van der Waals surface area contributed by atoms with Gasteiger partial charge in [-0.1, -0.05) is 144 Å². The molecule has 1 heterocycles. The van der Waals surface area contributed by atoms with Gasteiger partial charge in [0.05, 0.1) is 5.92 Å². The van der Waals surface area contributed by atoms with Crippen LogP contribution >= 0.6 is 0 Å². The van der Waals surface area contributed by atoms with Crippen molar-refractivity contribution in [1.82, 2.24) is 0 Å². The van der Waals surface area contributed by atoms with Gasteiger partial charge in [0, 0.05) is 0 Å². The van der Waals surface area contributed by atoms with Crippen LogP contribution in [0.3, 0.4) is 0 Å². The molecular weight excluding hydrogens is 388 g/mol. The molecule has 0 bridgehead atoms. The fourth-order valence-corrected chi connectivity index (χ4v) is 5.13. The molecule has 0 radical (unpaired) electrons. The van der Waals surface area contributed by atoms with Crippen LogP contribution < -0.4 is 0 Å². The Kier molecular flexibility index (Phi) is 14.9. The molecule has 0 amide bonds. The summed E-state index contributed by atoms with van der Waals surface area (Å²) in [6.45, 7) is 4.61. The van der Waals surface area contributed by atoms with Crippen molar-refractivity contribution >= 4 is 12.4 Å². The van der Waals surface area contributed by atoms with Crippen molar-refractivity contribution in [2.24, 2.45) is 21.8 Å². The van der Waals surface area contributed by atoms with E-state index in [0.29, 0.717) is 11.8 Å². The fourth-order valence-electron chi connectivity index (χ4n) is 5.13. The van der Waals surface area contributed by atoms with Gasteiger partial charge in [0.25, 0.3) is 0 Å². The standard InChI is InChI=1S/C30H49N2/c1-3-5-6-7-8-9-10-11-12-13-14-15-19-23-29(30-31-24-25-32-30)28(20-4-2)26-27-21-17-16-18-22-27/h16-18,21-22,24-25,28-29H,3-15,19-20,23,26H2,1-2H3/q+1. The Morgan fingerprint density at radius 3 is 1.69 bits per heavy atom. The van der Waals surface area contributed by atoms with Crippen LogP contribution in [-0.4, -0.2) is 12.4 Å². The lowest BCUT2D eigenvalue weighted by Gasteiger charge is -2.25. The Morgan fingerprint density at radius 2 is 1.16 bits per heavy atom. The normalized spacial score (nSPS) is 14.9. The summed E-state index contributed by atoms with van der Waals surface area (Å²) in [6.07, 6.45) is 28.0. The summed E-state index contributed by atoms with van der Waals surface area (Å²) in [5.74, 6) is 1.14. The van der Waals surface area contributed by atoms with Crippen molar-refractivity contribution in [3.63, 3.8) is 0 Å². The molecule has 1 aromatic carbocycles. The maximum absolute atomic E-state index is 4.63. The third kappa shape index (κ3) is 11.3. The van der Waals surface area contributed by atoms with Crippen LogP contribution in [0.25, 0.3) is 0 Å². The molecule has 2 rings (SSSR count). The molecule has 0 aliphatic carbocycles. The van der Waals surface area contributed by atoms with E-state index in [2.05, 4.69) is 54.2 Å². The summed E-state index contributed by atoms with van der Waals surface area (Å²) < 4.78 is 0. The minimum atomic E-state index is 0.498. The first-order chi connectivity index (χ1) is 15.8. The number of unbranched alkanes of at least 4 members (excludes halogenated alkanes) is 12.